The van der Waals surface area contributed by atoms with Gasteiger partial charge in [-0.25, -0.2) is 0 Å². The second-order valence-corrected chi connectivity index (χ2v) is 7.04. The molecule has 3 atom stereocenters. The van der Waals surface area contributed by atoms with Crippen LogP contribution in [0.5, 0.6) is 0 Å². The van der Waals surface area contributed by atoms with E-state index in [2.05, 4.69) is 33.5 Å². The van der Waals surface area contributed by atoms with Crippen molar-refractivity contribution in [3.8, 4) is 0 Å². The molecular formula is C17H25BrN2O. The Morgan fingerprint density at radius 3 is 2.71 bits per heavy atom. The molecule has 4 heteroatoms. The number of piperidine rings is 1. The Labute approximate surface area is 136 Å². The maximum atomic E-state index is 12.2. The fourth-order valence-electron chi connectivity index (χ4n) is 2.96. The lowest BCUT2D eigenvalue weighted by molar-refractivity contribution is -0.123. The molecule has 1 heterocycles. The van der Waals surface area contributed by atoms with Crippen molar-refractivity contribution in [2.24, 2.45) is 11.8 Å². The average Bonchev–Trinajstić information content (AvgIpc) is 2.48. The van der Waals surface area contributed by atoms with E-state index in [-0.39, 0.29) is 11.9 Å². The lowest BCUT2D eigenvalue weighted by Gasteiger charge is -2.28. The normalized spacial score (nSPS) is 21.6. The van der Waals surface area contributed by atoms with E-state index in [0.29, 0.717) is 18.3 Å². The Morgan fingerprint density at radius 1 is 1.38 bits per heavy atom. The SMILES string of the molecule is CC(CC(=O)N[C@@H](C)c1ccc(Br)cc1)C1CCCNC1. The predicted octanol–water partition coefficient (Wildman–Crippen LogP) is 3.65. The summed E-state index contributed by atoms with van der Waals surface area (Å²) in [4.78, 5) is 12.2. The van der Waals surface area contributed by atoms with Crippen molar-refractivity contribution < 1.29 is 4.79 Å². The molecule has 1 fully saturated rings. The van der Waals surface area contributed by atoms with Crippen LogP contribution in [-0.4, -0.2) is 19.0 Å². The zero-order valence-corrected chi connectivity index (χ0v) is 14.4. The summed E-state index contributed by atoms with van der Waals surface area (Å²) < 4.78 is 1.06. The lowest BCUT2D eigenvalue weighted by atomic mass is 9.85. The summed E-state index contributed by atoms with van der Waals surface area (Å²) in [5.74, 6) is 1.23. The molecule has 1 saturated heterocycles. The number of carbonyl (C=O) groups is 1. The third-order valence-electron chi connectivity index (χ3n) is 4.39. The largest absolute Gasteiger partial charge is 0.350 e. The summed E-state index contributed by atoms with van der Waals surface area (Å²) in [6, 6.07) is 8.16. The number of nitrogens with one attached hydrogen (secondary N) is 2. The third kappa shape index (κ3) is 5.11. The highest BCUT2D eigenvalue weighted by molar-refractivity contribution is 9.10. The monoisotopic (exact) mass is 352 g/mol. The Morgan fingerprint density at radius 2 is 2.10 bits per heavy atom. The number of benzene rings is 1. The fourth-order valence-corrected chi connectivity index (χ4v) is 3.22. The van der Waals surface area contributed by atoms with Crippen molar-refractivity contribution in [2.75, 3.05) is 13.1 Å². The summed E-state index contributed by atoms with van der Waals surface area (Å²) in [6.07, 6.45) is 3.09. The van der Waals surface area contributed by atoms with E-state index >= 15 is 0 Å². The van der Waals surface area contributed by atoms with Crippen molar-refractivity contribution in [3.05, 3.63) is 34.3 Å². The summed E-state index contributed by atoms with van der Waals surface area (Å²) in [5, 5.41) is 6.54. The first-order chi connectivity index (χ1) is 10.1. The van der Waals surface area contributed by atoms with Crippen LogP contribution in [0, 0.1) is 11.8 Å². The molecule has 0 bridgehead atoms. The molecule has 3 nitrogen and oxygen atoms in total. The molecule has 2 unspecified atom stereocenters. The Hall–Kier alpha value is -0.870. The predicted molar refractivity (Wildman–Crippen MR) is 90.1 cm³/mol. The van der Waals surface area contributed by atoms with E-state index in [0.717, 1.165) is 23.1 Å². The molecule has 1 amide bonds. The third-order valence-corrected chi connectivity index (χ3v) is 4.92. The van der Waals surface area contributed by atoms with E-state index in [4.69, 9.17) is 0 Å². The highest BCUT2D eigenvalue weighted by Gasteiger charge is 2.22. The molecule has 0 aliphatic carbocycles. The van der Waals surface area contributed by atoms with Crippen LogP contribution in [-0.2, 0) is 4.79 Å². The Bertz CT molecular complexity index is 454. The second-order valence-electron chi connectivity index (χ2n) is 6.13. The van der Waals surface area contributed by atoms with Crippen LogP contribution in [0.15, 0.2) is 28.7 Å². The Balaban J connectivity index is 1.81. The number of hydrogen-bond donors (Lipinski definition) is 2. The number of rotatable bonds is 5. The van der Waals surface area contributed by atoms with Crippen LogP contribution < -0.4 is 10.6 Å². The first-order valence-corrected chi connectivity index (χ1v) is 8.61. The van der Waals surface area contributed by atoms with Gasteiger partial charge in [-0.3, -0.25) is 4.79 Å². The lowest BCUT2D eigenvalue weighted by Crippen LogP contribution is -2.36. The molecular weight excluding hydrogens is 328 g/mol. The molecule has 1 aliphatic rings. The van der Waals surface area contributed by atoms with Crippen molar-refractivity contribution >= 4 is 21.8 Å². The van der Waals surface area contributed by atoms with Crippen LogP contribution in [0.25, 0.3) is 0 Å². The zero-order valence-electron chi connectivity index (χ0n) is 12.9. The first kappa shape index (κ1) is 16.5. The fraction of sp³-hybridized carbons (Fsp3) is 0.588. The van der Waals surface area contributed by atoms with Gasteiger partial charge in [-0.2, -0.15) is 0 Å². The maximum Gasteiger partial charge on any atom is 0.220 e. The van der Waals surface area contributed by atoms with Gasteiger partial charge in [0.25, 0.3) is 0 Å². The average molecular weight is 353 g/mol. The molecule has 2 N–H and O–H groups in total. The summed E-state index contributed by atoms with van der Waals surface area (Å²) in [5.41, 5.74) is 1.14. The standard InChI is InChI=1S/C17H25BrN2O/c1-12(15-4-3-9-19-11-15)10-17(21)20-13(2)14-5-7-16(18)8-6-14/h5-8,12-13,15,19H,3-4,9-11H2,1-2H3,(H,20,21)/t12?,13-,15?/m0/s1. The van der Waals surface area contributed by atoms with E-state index in [1.807, 2.05) is 31.2 Å². The molecule has 21 heavy (non-hydrogen) atoms. The quantitative estimate of drug-likeness (QED) is 0.848. The molecule has 0 spiro atoms. The molecule has 1 aromatic carbocycles. The van der Waals surface area contributed by atoms with Crippen molar-refractivity contribution in [2.45, 2.75) is 39.2 Å². The van der Waals surface area contributed by atoms with Crippen molar-refractivity contribution in [1.29, 1.82) is 0 Å². The summed E-state index contributed by atoms with van der Waals surface area (Å²) >= 11 is 3.43. The van der Waals surface area contributed by atoms with E-state index in [1.54, 1.807) is 0 Å². The van der Waals surface area contributed by atoms with Crippen LogP contribution >= 0.6 is 15.9 Å². The van der Waals surface area contributed by atoms with Gasteiger partial charge in [0, 0.05) is 10.9 Å². The van der Waals surface area contributed by atoms with Crippen LogP contribution in [0.4, 0.5) is 0 Å². The van der Waals surface area contributed by atoms with E-state index in [1.165, 1.54) is 12.8 Å². The van der Waals surface area contributed by atoms with Crippen molar-refractivity contribution in [3.63, 3.8) is 0 Å². The molecule has 2 rings (SSSR count). The Kier molecular flexibility index (Phi) is 6.24. The van der Waals surface area contributed by atoms with Gasteiger partial charge in [0.05, 0.1) is 6.04 Å². The molecule has 1 aromatic rings. The van der Waals surface area contributed by atoms with Gasteiger partial charge in [0.1, 0.15) is 0 Å². The van der Waals surface area contributed by atoms with E-state index < -0.39 is 0 Å². The van der Waals surface area contributed by atoms with Gasteiger partial charge < -0.3 is 10.6 Å². The summed E-state index contributed by atoms with van der Waals surface area (Å²) in [7, 11) is 0. The van der Waals surface area contributed by atoms with Crippen molar-refractivity contribution in [1.82, 2.24) is 10.6 Å². The maximum absolute atomic E-state index is 12.2. The second kappa shape index (κ2) is 7.95. The van der Waals surface area contributed by atoms with Crippen LogP contribution in [0.3, 0.4) is 0 Å². The number of hydrogen-bond acceptors (Lipinski definition) is 2. The number of carbonyl (C=O) groups excluding carboxylic acids is 1. The minimum atomic E-state index is 0.0577. The van der Waals surface area contributed by atoms with Gasteiger partial charge in [0.15, 0.2) is 0 Å². The molecule has 116 valence electrons. The topological polar surface area (TPSA) is 41.1 Å². The zero-order chi connectivity index (χ0) is 15.2. The molecule has 0 radical (unpaired) electrons. The van der Waals surface area contributed by atoms with Crippen LogP contribution in [0.1, 0.15) is 44.7 Å². The highest BCUT2D eigenvalue weighted by Crippen LogP contribution is 2.23. The van der Waals surface area contributed by atoms with Gasteiger partial charge in [-0.05, 0) is 62.4 Å². The molecule has 0 aromatic heterocycles. The smallest absolute Gasteiger partial charge is 0.220 e. The van der Waals surface area contributed by atoms with Gasteiger partial charge in [0.2, 0.25) is 5.91 Å². The minimum Gasteiger partial charge on any atom is -0.350 e. The van der Waals surface area contributed by atoms with Crippen LogP contribution in [0.2, 0.25) is 0 Å². The number of amides is 1. The molecule has 0 saturated carbocycles. The highest BCUT2D eigenvalue weighted by atomic mass is 79.9. The first-order valence-electron chi connectivity index (χ1n) is 7.82. The van der Waals surface area contributed by atoms with Gasteiger partial charge in [-0.15, -0.1) is 0 Å². The minimum absolute atomic E-state index is 0.0577. The van der Waals surface area contributed by atoms with E-state index in [9.17, 15) is 4.79 Å². The van der Waals surface area contributed by atoms with Gasteiger partial charge in [-0.1, -0.05) is 35.0 Å². The number of halogens is 1. The molecule has 1 aliphatic heterocycles. The van der Waals surface area contributed by atoms with Gasteiger partial charge >= 0.3 is 0 Å². The summed E-state index contributed by atoms with van der Waals surface area (Å²) in [6.45, 7) is 6.41.